The van der Waals surface area contributed by atoms with Gasteiger partial charge in [0.05, 0.1) is 6.10 Å². The maximum absolute atomic E-state index is 5.72. The first kappa shape index (κ1) is 12.7. The van der Waals surface area contributed by atoms with E-state index in [-0.39, 0.29) is 6.10 Å². The molecule has 2 N–H and O–H groups in total. The molecule has 2 nitrogen and oxygen atoms in total. The molecule has 0 amide bonds. The molecule has 0 aliphatic rings. The second-order valence-electron chi connectivity index (χ2n) is 3.50. The zero-order chi connectivity index (χ0) is 11.1. The van der Waals surface area contributed by atoms with Crippen LogP contribution in [-0.4, -0.2) is 13.2 Å². The van der Waals surface area contributed by atoms with Crippen molar-refractivity contribution < 1.29 is 4.74 Å². The molecule has 0 spiro atoms. The lowest BCUT2D eigenvalue weighted by atomic mass is 10.1. The maximum atomic E-state index is 5.72. The molecule has 1 aromatic rings. The van der Waals surface area contributed by atoms with Crippen LogP contribution in [-0.2, 0) is 4.74 Å². The fourth-order valence-corrected chi connectivity index (χ4v) is 1.61. The molecule has 84 valence electrons. The zero-order valence-electron chi connectivity index (χ0n) is 9.08. The van der Waals surface area contributed by atoms with Gasteiger partial charge >= 0.3 is 0 Å². The lowest BCUT2D eigenvalue weighted by Gasteiger charge is -2.16. The van der Waals surface area contributed by atoms with Gasteiger partial charge in [-0.15, -0.1) is 0 Å². The number of hydrogen-bond acceptors (Lipinski definition) is 2. The largest absolute Gasteiger partial charge is 0.372 e. The number of rotatable bonds is 6. The molecule has 0 saturated heterocycles. The van der Waals surface area contributed by atoms with E-state index in [4.69, 9.17) is 10.5 Å². The normalized spacial score (nSPS) is 12.7. The monoisotopic (exact) mass is 271 g/mol. The van der Waals surface area contributed by atoms with Crippen LogP contribution in [0.2, 0.25) is 0 Å². The Morgan fingerprint density at radius 3 is 2.53 bits per heavy atom. The zero-order valence-corrected chi connectivity index (χ0v) is 10.7. The van der Waals surface area contributed by atoms with E-state index in [1.54, 1.807) is 0 Å². The summed E-state index contributed by atoms with van der Waals surface area (Å²) in [6, 6.07) is 8.13. The summed E-state index contributed by atoms with van der Waals surface area (Å²) in [4.78, 5) is 0. The fraction of sp³-hybridized carbons (Fsp3) is 0.500. The van der Waals surface area contributed by atoms with Crippen LogP contribution < -0.4 is 5.73 Å². The fourth-order valence-electron chi connectivity index (χ4n) is 1.35. The first-order valence-corrected chi connectivity index (χ1v) is 6.14. The van der Waals surface area contributed by atoms with Crippen LogP contribution in [0, 0.1) is 0 Å². The summed E-state index contributed by atoms with van der Waals surface area (Å²) in [6.07, 6.45) is 2.27. The van der Waals surface area contributed by atoms with Crippen molar-refractivity contribution in [1.82, 2.24) is 0 Å². The van der Waals surface area contributed by atoms with E-state index in [1.165, 1.54) is 0 Å². The first-order valence-electron chi connectivity index (χ1n) is 5.35. The van der Waals surface area contributed by atoms with E-state index < -0.39 is 0 Å². The summed E-state index contributed by atoms with van der Waals surface area (Å²) in [5, 5.41) is 0. The number of halogens is 1. The smallest absolute Gasteiger partial charge is 0.0947 e. The highest BCUT2D eigenvalue weighted by atomic mass is 79.9. The Kier molecular flexibility index (Phi) is 5.91. The van der Waals surface area contributed by atoms with Gasteiger partial charge in [0.15, 0.2) is 0 Å². The van der Waals surface area contributed by atoms with E-state index in [9.17, 15) is 0 Å². The highest BCUT2D eigenvalue weighted by Crippen LogP contribution is 2.19. The summed E-state index contributed by atoms with van der Waals surface area (Å²) >= 11 is 3.41. The third-order valence-corrected chi connectivity index (χ3v) is 2.80. The van der Waals surface area contributed by atoms with Gasteiger partial charge in [0.2, 0.25) is 0 Å². The highest BCUT2D eigenvalue weighted by molar-refractivity contribution is 9.10. The van der Waals surface area contributed by atoms with Crippen molar-refractivity contribution >= 4 is 15.9 Å². The second kappa shape index (κ2) is 6.99. The average molecular weight is 272 g/mol. The third kappa shape index (κ3) is 4.33. The van der Waals surface area contributed by atoms with Crippen LogP contribution in [0.5, 0.6) is 0 Å². The molecular weight excluding hydrogens is 254 g/mol. The van der Waals surface area contributed by atoms with Crippen LogP contribution in [0.3, 0.4) is 0 Å². The van der Waals surface area contributed by atoms with Crippen molar-refractivity contribution in [2.75, 3.05) is 13.2 Å². The molecule has 0 saturated carbocycles. The van der Waals surface area contributed by atoms with Crippen LogP contribution in [0.25, 0.3) is 0 Å². The van der Waals surface area contributed by atoms with Gasteiger partial charge < -0.3 is 10.5 Å². The van der Waals surface area contributed by atoms with E-state index in [0.717, 1.165) is 29.5 Å². The van der Waals surface area contributed by atoms with Gasteiger partial charge in [-0.25, -0.2) is 0 Å². The molecule has 15 heavy (non-hydrogen) atoms. The quantitative estimate of drug-likeness (QED) is 0.807. The molecular formula is C12H18BrNO. The van der Waals surface area contributed by atoms with Crippen molar-refractivity contribution in [3.63, 3.8) is 0 Å². The summed E-state index contributed by atoms with van der Waals surface area (Å²) in [7, 11) is 0. The summed E-state index contributed by atoms with van der Waals surface area (Å²) in [5.41, 5.74) is 6.84. The number of hydrogen-bond donors (Lipinski definition) is 1. The standard InChI is InChI=1S/C12H18BrNO/c1-2-3-8-15-12(9-14)10-4-6-11(13)7-5-10/h4-7,12H,2-3,8-9,14H2,1H3. The van der Waals surface area contributed by atoms with E-state index >= 15 is 0 Å². The third-order valence-electron chi connectivity index (χ3n) is 2.27. The Balaban J connectivity index is 2.53. The summed E-state index contributed by atoms with van der Waals surface area (Å²) in [5.74, 6) is 0. The van der Waals surface area contributed by atoms with Crippen molar-refractivity contribution in [3.8, 4) is 0 Å². The van der Waals surface area contributed by atoms with Crippen molar-refractivity contribution in [1.29, 1.82) is 0 Å². The highest BCUT2D eigenvalue weighted by Gasteiger charge is 2.08. The van der Waals surface area contributed by atoms with Crippen LogP contribution in [0.15, 0.2) is 28.7 Å². The number of ether oxygens (including phenoxy) is 1. The van der Waals surface area contributed by atoms with Crippen molar-refractivity contribution in [2.45, 2.75) is 25.9 Å². The minimum absolute atomic E-state index is 0.0321. The van der Waals surface area contributed by atoms with E-state index in [2.05, 4.69) is 22.9 Å². The lowest BCUT2D eigenvalue weighted by Crippen LogP contribution is -2.16. The molecule has 0 bridgehead atoms. The summed E-state index contributed by atoms with van der Waals surface area (Å²) in [6.45, 7) is 3.47. The first-order chi connectivity index (χ1) is 7.27. The molecule has 0 aliphatic heterocycles. The second-order valence-corrected chi connectivity index (χ2v) is 4.42. The van der Waals surface area contributed by atoms with E-state index in [1.807, 2.05) is 24.3 Å². The number of unbranched alkanes of at least 4 members (excludes halogenated alkanes) is 1. The Bertz CT molecular complexity index is 273. The van der Waals surface area contributed by atoms with Crippen LogP contribution in [0.4, 0.5) is 0 Å². The molecule has 1 unspecified atom stereocenters. The molecule has 0 fully saturated rings. The molecule has 3 heteroatoms. The van der Waals surface area contributed by atoms with Gasteiger partial charge in [0, 0.05) is 17.6 Å². The Hall–Kier alpha value is -0.380. The Labute approximate surface area is 99.9 Å². The van der Waals surface area contributed by atoms with Crippen LogP contribution >= 0.6 is 15.9 Å². The average Bonchev–Trinajstić information content (AvgIpc) is 2.26. The SMILES string of the molecule is CCCCOC(CN)c1ccc(Br)cc1. The molecule has 1 aromatic carbocycles. The van der Waals surface area contributed by atoms with Crippen LogP contribution in [0.1, 0.15) is 31.4 Å². The minimum Gasteiger partial charge on any atom is -0.372 e. The number of nitrogens with two attached hydrogens (primary N) is 1. The van der Waals surface area contributed by atoms with Crippen molar-refractivity contribution in [3.05, 3.63) is 34.3 Å². The van der Waals surface area contributed by atoms with E-state index in [0.29, 0.717) is 6.54 Å². The van der Waals surface area contributed by atoms with Gasteiger partial charge in [0.1, 0.15) is 0 Å². The maximum Gasteiger partial charge on any atom is 0.0947 e. The Morgan fingerprint density at radius 2 is 2.00 bits per heavy atom. The van der Waals surface area contributed by atoms with Gasteiger partial charge in [-0.05, 0) is 24.1 Å². The molecule has 1 atom stereocenters. The number of benzene rings is 1. The van der Waals surface area contributed by atoms with Gasteiger partial charge in [-0.3, -0.25) is 0 Å². The van der Waals surface area contributed by atoms with Crippen molar-refractivity contribution in [2.24, 2.45) is 5.73 Å². The predicted molar refractivity (Wildman–Crippen MR) is 66.8 cm³/mol. The Morgan fingerprint density at radius 1 is 1.33 bits per heavy atom. The topological polar surface area (TPSA) is 35.2 Å². The van der Waals surface area contributed by atoms with Gasteiger partial charge in [0.25, 0.3) is 0 Å². The molecule has 0 aromatic heterocycles. The molecule has 0 radical (unpaired) electrons. The lowest BCUT2D eigenvalue weighted by molar-refractivity contribution is 0.0566. The minimum atomic E-state index is 0.0321. The molecule has 0 heterocycles. The van der Waals surface area contributed by atoms with Gasteiger partial charge in [-0.2, -0.15) is 0 Å². The molecule has 1 rings (SSSR count). The summed E-state index contributed by atoms with van der Waals surface area (Å²) < 4.78 is 6.80. The predicted octanol–water partition coefficient (Wildman–Crippen LogP) is 3.27. The van der Waals surface area contributed by atoms with Gasteiger partial charge in [-0.1, -0.05) is 41.4 Å². The molecule has 0 aliphatic carbocycles.